The van der Waals surface area contributed by atoms with Crippen molar-refractivity contribution in [2.24, 2.45) is 0 Å². The molecule has 0 bridgehead atoms. The van der Waals surface area contributed by atoms with Gasteiger partial charge in [0.2, 0.25) is 5.78 Å². The van der Waals surface area contributed by atoms with Crippen LogP contribution in [0.15, 0.2) is 96.4 Å². The summed E-state index contributed by atoms with van der Waals surface area (Å²) >= 11 is 1.33. The Morgan fingerprint density at radius 1 is 0.750 bits per heavy atom. The molecule has 4 rings (SSSR count). The van der Waals surface area contributed by atoms with Gasteiger partial charge in [-0.1, -0.05) is 54.6 Å². The average Bonchev–Trinajstić information content (AvgIpc) is 3.38. The molecule has 0 radical (unpaired) electrons. The van der Waals surface area contributed by atoms with Crippen LogP contribution < -0.4 is 5.32 Å². The van der Waals surface area contributed by atoms with E-state index in [1.54, 1.807) is 60.7 Å². The van der Waals surface area contributed by atoms with Gasteiger partial charge < -0.3 is 10.1 Å². The highest BCUT2D eigenvalue weighted by molar-refractivity contribution is 7.12. The van der Waals surface area contributed by atoms with Gasteiger partial charge in [-0.3, -0.25) is 9.59 Å². The number of carbonyl (C=O) groups excluding carboxylic acids is 3. The first kappa shape index (κ1) is 21.2. The number of anilines is 1. The highest BCUT2D eigenvalue weighted by Crippen LogP contribution is 2.19. The second-order valence-electron chi connectivity index (χ2n) is 6.95. The maximum Gasteiger partial charge on any atom is 0.339 e. The minimum absolute atomic E-state index is 0.0287. The average molecular weight is 442 g/mol. The zero-order valence-electron chi connectivity index (χ0n) is 17.0. The van der Waals surface area contributed by atoms with Crippen molar-refractivity contribution in [1.29, 1.82) is 0 Å². The fourth-order valence-electron chi connectivity index (χ4n) is 3.10. The van der Waals surface area contributed by atoms with Crippen LogP contribution in [0.1, 0.15) is 41.5 Å². The number of ketones is 1. The number of benzene rings is 3. The van der Waals surface area contributed by atoms with Crippen LogP contribution in [0.3, 0.4) is 0 Å². The smallest absolute Gasteiger partial charge is 0.339 e. The van der Waals surface area contributed by atoms with E-state index in [-0.39, 0.29) is 23.9 Å². The first-order chi connectivity index (χ1) is 15.6. The van der Waals surface area contributed by atoms with Gasteiger partial charge in [0, 0.05) is 16.8 Å². The minimum Gasteiger partial charge on any atom is -0.457 e. The van der Waals surface area contributed by atoms with Gasteiger partial charge in [-0.05, 0) is 47.3 Å². The third-order valence-corrected chi connectivity index (χ3v) is 5.62. The largest absolute Gasteiger partial charge is 0.457 e. The molecular formula is C26H19NO4S. The molecule has 0 aliphatic carbocycles. The fraction of sp³-hybridized carbons (Fsp3) is 0.0385. The van der Waals surface area contributed by atoms with Crippen molar-refractivity contribution in [2.75, 3.05) is 5.32 Å². The van der Waals surface area contributed by atoms with Crippen molar-refractivity contribution in [3.8, 4) is 0 Å². The molecule has 1 N–H and O–H groups in total. The first-order valence-corrected chi connectivity index (χ1v) is 10.8. The maximum atomic E-state index is 12.7. The molecule has 0 saturated heterocycles. The fourth-order valence-corrected chi connectivity index (χ4v) is 3.78. The molecule has 0 spiro atoms. The van der Waals surface area contributed by atoms with Crippen LogP contribution in [0.25, 0.3) is 0 Å². The Morgan fingerprint density at radius 3 is 2.12 bits per heavy atom. The Hall–Kier alpha value is -4.03. The van der Waals surface area contributed by atoms with E-state index >= 15 is 0 Å². The number of rotatable bonds is 7. The Labute approximate surface area is 189 Å². The number of amides is 1. The summed E-state index contributed by atoms with van der Waals surface area (Å²) in [6.45, 7) is 0.0287. The highest BCUT2D eigenvalue weighted by Gasteiger charge is 2.19. The van der Waals surface area contributed by atoms with Gasteiger partial charge in [-0.15, -0.1) is 11.3 Å². The van der Waals surface area contributed by atoms with Crippen molar-refractivity contribution >= 4 is 34.7 Å². The van der Waals surface area contributed by atoms with Gasteiger partial charge in [-0.2, -0.15) is 0 Å². The van der Waals surface area contributed by atoms with Gasteiger partial charge in [0.25, 0.3) is 5.91 Å². The second kappa shape index (κ2) is 9.85. The molecule has 0 aliphatic rings. The highest BCUT2D eigenvalue weighted by atomic mass is 32.1. The molecule has 158 valence electrons. The lowest BCUT2D eigenvalue weighted by molar-refractivity contribution is 0.0470. The monoisotopic (exact) mass is 441 g/mol. The minimum atomic E-state index is -0.573. The van der Waals surface area contributed by atoms with Crippen molar-refractivity contribution in [2.45, 2.75) is 6.61 Å². The van der Waals surface area contributed by atoms with Crippen LogP contribution in [0, 0.1) is 0 Å². The lowest BCUT2D eigenvalue weighted by Crippen LogP contribution is -2.13. The molecule has 0 saturated carbocycles. The Kier molecular flexibility index (Phi) is 6.53. The van der Waals surface area contributed by atoms with E-state index in [0.29, 0.717) is 21.7 Å². The van der Waals surface area contributed by atoms with E-state index in [0.717, 1.165) is 5.56 Å². The summed E-state index contributed by atoms with van der Waals surface area (Å²) < 4.78 is 5.43. The van der Waals surface area contributed by atoms with Crippen LogP contribution in [0.5, 0.6) is 0 Å². The number of esters is 1. The summed E-state index contributed by atoms with van der Waals surface area (Å²) in [6, 6.07) is 26.2. The molecule has 5 nitrogen and oxygen atoms in total. The van der Waals surface area contributed by atoms with Crippen molar-refractivity contribution < 1.29 is 19.1 Å². The predicted molar refractivity (Wildman–Crippen MR) is 124 cm³/mol. The zero-order chi connectivity index (χ0) is 22.3. The Bertz CT molecular complexity index is 1230. The van der Waals surface area contributed by atoms with Crippen LogP contribution in [0.2, 0.25) is 0 Å². The first-order valence-electron chi connectivity index (χ1n) is 9.91. The molecule has 1 heterocycles. The number of ether oxygens (including phenoxy) is 1. The summed E-state index contributed by atoms with van der Waals surface area (Å²) in [6.07, 6.45) is 0. The molecule has 3 aromatic carbocycles. The molecule has 1 aromatic heterocycles. The molecule has 0 atom stereocenters. The maximum absolute atomic E-state index is 12.7. The third-order valence-electron chi connectivity index (χ3n) is 4.75. The lowest BCUT2D eigenvalue weighted by Gasteiger charge is -2.09. The molecular weight excluding hydrogens is 422 g/mol. The van der Waals surface area contributed by atoms with E-state index in [4.69, 9.17) is 4.74 Å². The summed E-state index contributed by atoms with van der Waals surface area (Å²) in [5.41, 5.74) is 2.48. The number of nitrogens with one attached hydrogen (secondary N) is 1. The lowest BCUT2D eigenvalue weighted by atomic mass is 10.0. The normalized spacial score (nSPS) is 10.4. The Morgan fingerprint density at radius 2 is 1.44 bits per heavy atom. The molecule has 1 amide bonds. The second-order valence-corrected chi connectivity index (χ2v) is 7.89. The molecule has 0 aliphatic heterocycles. The molecule has 4 aromatic rings. The predicted octanol–water partition coefficient (Wildman–Crippen LogP) is 5.59. The Balaban J connectivity index is 1.40. The van der Waals surface area contributed by atoms with Gasteiger partial charge in [-0.25, -0.2) is 4.79 Å². The van der Waals surface area contributed by atoms with Gasteiger partial charge in [0.1, 0.15) is 6.61 Å². The van der Waals surface area contributed by atoms with E-state index in [2.05, 4.69) is 5.32 Å². The van der Waals surface area contributed by atoms with E-state index in [1.165, 1.54) is 11.3 Å². The molecule has 32 heavy (non-hydrogen) atoms. The van der Waals surface area contributed by atoms with Crippen molar-refractivity contribution in [3.63, 3.8) is 0 Å². The van der Waals surface area contributed by atoms with Gasteiger partial charge in [0.15, 0.2) is 0 Å². The molecule has 6 heteroatoms. The molecule has 0 unspecified atom stereocenters. The van der Waals surface area contributed by atoms with Crippen molar-refractivity contribution in [1.82, 2.24) is 0 Å². The van der Waals surface area contributed by atoms with Crippen LogP contribution >= 0.6 is 11.3 Å². The van der Waals surface area contributed by atoms with Crippen molar-refractivity contribution in [3.05, 3.63) is 124 Å². The van der Waals surface area contributed by atoms with E-state index < -0.39 is 5.97 Å². The SMILES string of the molecule is O=C(Nc1ccccc1)c1ccc(COC(=O)c2ccccc2C(=O)c2cccs2)cc1. The summed E-state index contributed by atoms with van der Waals surface area (Å²) in [7, 11) is 0. The van der Waals surface area contributed by atoms with Crippen LogP contribution in [0.4, 0.5) is 5.69 Å². The number of carbonyl (C=O) groups is 3. The number of hydrogen-bond acceptors (Lipinski definition) is 5. The van der Waals surface area contributed by atoms with Crippen LogP contribution in [-0.4, -0.2) is 17.7 Å². The van der Waals surface area contributed by atoms with Gasteiger partial charge >= 0.3 is 5.97 Å². The standard InChI is InChI=1S/C26H19NO4S/c28-24(23-11-6-16-32-23)21-9-4-5-10-22(21)26(30)31-17-18-12-14-19(15-13-18)25(29)27-20-7-2-1-3-8-20/h1-16H,17H2,(H,27,29). The van der Waals surface area contributed by atoms with E-state index in [1.807, 2.05) is 35.7 Å². The number of thiophene rings is 1. The van der Waals surface area contributed by atoms with Crippen LogP contribution in [-0.2, 0) is 11.3 Å². The van der Waals surface area contributed by atoms with E-state index in [9.17, 15) is 14.4 Å². The summed E-state index contributed by atoms with van der Waals surface area (Å²) in [5.74, 6) is -1.00. The zero-order valence-corrected chi connectivity index (χ0v) is 17.8. The topological polar surface area (TPSA) is 72.5 Å². The quantitative estimate of drug-likeness (QED) is 0.300. The summed E-state index contributed by atoms with van der Waals surface area (Å²) in [5, 5.41) is 4.64. The number of para-hydroxylation sites is 1. The summed E-state index contributed by atoms with van der Waals surface area (Å²) in [4.78, 5) is 38.3. The molecule has 0 fully saturated rings. The number of hydrogen-bond donors (Lipinski definition) is 1. The van der Waals surface area contributed by atoms with Gasteiger partial charge in [0.05, 0.1) is 10.4 Å². The third kappa shape index (κ3) is 4.99.